The lowest BCUT2D eigenvalue weighted by atomic mass is 10.0. The molecule has 4 aliphatic rings. The number of urea groups is 1. The molecule has 7 amide bonds. The van der Waals surface area contributed by atoms with Crippen LogP contribution in [0.25, 0.3) is 0 Å². The van der Waals surface area contributed by atoms with Crippen molar-refractivity contribution >= 4 is 47.2 Å². The second kappa shape index (κ2) is 18.0. The Hall–Kier alpha value is -5.51. The molecule has 0 spiro atoms. The Morgan fingerprint density at radius 3 is 2.28 bits per heavy atom. The maximum absolute atomic E-state index is 14.8. The van der Waals surface area contributed by atoms with Crippen molar-refractivity contribution < 1.29 is 38.3 Å². The van der Waals surface area contributed by atoms with Crippen LogP contribution in [0.2, 0.25) is 0 Å². The minimum atomic E-state index is -1.48. The van der Waals surface area contributed by atoms with E-state index in [1.165, 1.54) is 21.6 Å². The molecule has 2 aromatic rings. The lowest BCUT2D eigenvalue weighted by Crippen LogP contribution is -2.65. The summed E-state index contributed by atoms with van der Waals surface area (Å²) in [5.41, 5.74) is 3.22. The van der Waals surface area contributed by atoms with Gasteiger partial charge >= 0.3 is 12.0 Å². The van der Waals surface area contributed by atoms with Crippen LogP contribution in [-0.4, -0.2) is 143 Å². The van der Waals surface area contributed by atoms with Gasteiger partial charge in [0.15, 0.2) is 0 Å². The monoisotopic (exact) mass is 800 g/mol. The molecule has 16 nitrogen and oxygen atoms in total. The number of fused-ring (bicyclic) bond motifs is 3. The van der Waals surface area contributed by atoms with Gasteiger partial charge in [0.2, 0.25) is 29.5 Å². The van der Waals surface area contributed by atoms with E-state index in [1.807, 2.05) is 69.1 Å². The van der Waals surface area contributed by atoms with Crippen LogP contribution in [0.1, 0.15) is 56.7 Å². The van der Waals surface area contributed by atoms with Crippen molar-refractivity contribution in [3.05, 3.63) is 65.2 Å². The molecule has 4 heterocycles. The first-order chi connectivity index (χ1) is 27.6. The number of hydrogen-bond acceptors (Lipinski definition) is 9. The molecule has 0 aliphatic carbocycles. The second-order valence-electron chi connectivity index (χ2n) is 16.4. The Morgan fingerprint density at radius 1 is 0.828 bits per heavy atom. The number of likely N-dealkylation sites (N-methyl/N-ethyl adjacent to an activating group) is 1. The van der Waals surface area contributed by atoms with Gasteiger partial charge in [-0.1, -0.05) is 54.4 Å². The lowest BCUT2D eigenvalue weighted by Gasteiger charge is -2.42. The molecule has 4 aliphatic heterocycles. The van der Waals surface area contributed by atoms with Gasteiger partial charge in [-0.3, -0.25) is 24.0 Å². The van der Waals surface area contributed by atoms with E-state index in [0.717, 1.165) is 16.7 Å². The minimum absolute atomic E-state index is 0.0658. The first kappa shape index (κ1) is 42.1. The zero-order chi connectivity index (χ0) is 41.8. The lowest BCUT2D eigenvalue weighted by molar-refractivity contribution is -0.163. The van der Waals surface area contributed by atoms with Crippen molar-refractivity contribution in [1.29, 1.82) is 0 Å². The van der Waals surface area contributed by atoms with Gasteiger partial charge in [-0.05, 0) is 77.6 Å². The summed E-state index contributed by atoms with van der Waals surface area (Å²) in [7, 11) is 1.85. The average Bonchev–Trinajstić information content (AvgIpc) is 3.83. The average molecular weight is 801 g/mol. The number of hydrogen-bond donors (Lipinski definition) is 4. The molecule has 8 atom stereocenters. The number of nitrogens with zero attached hydrogens (tertiary/aromatic N) is 4. The van der Waals surface area contributed by atoms with Crippen molar-refractivity contribution in [2.24, 2.45) is 5.92 Å². The zero-order valence-electron chi connectivity index (χ0n) is 34.2. The number of cyclic esters (lactones) is 1. The van der Waals surface area contributed by atoms with E-state index in [2.05, 4.69) is 21.3 Å². The number of anilines is 1. The third-order valence-corrected chi connectivity index (χ3v) is 11.6. The van der Waals surface area contributed by atoms with Crippen molar-refractivity contribution in [1.82, 2.24) is 35.6 Å². The first-order valence-electron chi connectivity index (χ1n) is 20.2. The maximum atomic E-state index is 14.8. The first-order valence-corrected chi connectivity index (χ1v) is 20.2. The van der Waals surface area contributed by atoms with Gasteiger partial charge in [-0.25, -0.2) is 9.59 Å². The molecular weight excluding hydrogens is 745 g/mol. The largest absolute Gasteiger partial charge is 0.458 e. The van der Waals surface area contributed by atoms with Gasteiger partial charge in [-0.2, -0.15) is 0 Å². The molecule has 0 unspecified atom stereocenters. The van der Waals surface area contributed by atoms with Crippen molar-refractivity contribution in [2.75, 3.05) is 45.1 Å². The fraction of sp³-hybridized carbons (Fsp3) is 0.548. The van der Waals surface area contributed by atoms with Crippen molar-refractivity contribution in [2.45, 2.75) is 103 Å². The highest BCUT2D eigenvalue weighted by Crippen LogP contribution is 2.28. The van der Waals surface area contributed by atoms with Crippen LogP contribution in [0, 0.1) is 19.8 Å². The summed E-state index contributed by atoms with van der Waals surface area (Å²) in [5, 5.41) is 11.1. The van der Waals surface area contributed by atoms with E-state index in [4.69, 9.17) is 4.74 Å². The number of carbonyl (C=O) groups is 7. The molecule has 0 aromatic heterocycles. The predicted octanol–water partition coefficient (Wildman–Crippen LogP) is 1.34. The van der Waals surface area contributed by atoms with Crippen LogP contribution >= 0.6 is 0 Å². The molecule has 4 N–H and O–H groups in total. The predicted molar refractivity (Wildman–Crippen MR) is 214 cm³/mol. The van der Waals surface area contributed by atoms with Gasteiger partial charge in [0.25, 0.3) is 0 Å². The summed E-state index contributed by atoms with van der Waals surface area (Å²) in [5.74, 6) is -3.58. The Balaban J connectivity index is 1.33. The second-order valence-corrected chi connectivity index (χ2v) is 16.4. The summed E-state index contributed by atoms with van der Waals surface area (Å²) in [6.45, 7) is 10.2. The third kappa shape index (κ3) is 9.60. The number of benzene rings is 2. The summed E-state index contributed by atoms with van der Waals surface area (Å²) < 4.78 is 5.98. The normalized spacial score (nSPS) is 27.9. The van der Waals surface area contributed by atoms with Gasteiger partial charge < -0.3 is 45.6 Å². The fourth-order valence-electron chi connectivity index (χ4n) is 8.41. The molecule has 0 saturated carbocycles. The third-order valence-electron chi connectivity index (χ3n) is 11.6. The minimum Gasteiger partial charge on any atom is -0.458 e. The highest BCUT2D eigenvalue weighted by atomic mass is 16.5. The summed E-state index contributed by atoms with van der Waals surface area (Å²) in [4.78, 5) is 105. The highest BCUT2D eigenvalue weighted by molar-refractivity contribution is 5.99. The van der Waals surface area contributed by atoms with Crippen LogP contribution in [0.15, 0.2) is 48.5 Å². The van der Waals surface area contributed by atoms with E-state index in [0.29, 0.717) is 31.5 Å². The van der Waals surface area contributed by atoms with Crippen molar-refractivity contribution in [3.8, 4) is 0 Å². The topological polar surface area (TPSA) is 190 Å². The molecule has 6 rings (SSSR count). The van der Waals surface area contributed by atoms with Crippen LogP contribution in [0.4, 0.5) is 10.5 Å². The quantitative estimate of drug-likeness (QED) is 0.313. The molecule has 2 aromatic carbocycles. The summed E-state index contributed by atoms with van der Waals surface area (Å²) >= 11 is 0. The molecule has 0 radical (unpaired) electrons. The van der Waals surface area contributed by atoms with Gasteiger partial charge in [0.1, 0.15) is 42.4 Å². The van der Waals surface area contributed by atoms with Crippen LogP contribution in [0.3, 0.4) is 0 Å². The standard InChI is InChI=1S/C42H56N8O8/c1-24-12-14-30(15-13-24)44-42(57)45-31(21-29-10-7-9-25(2)19-29)36(51)46-35-28(5)58-41(56)33-20-26(3)22-50(33)38(53)27(4)43-37(52)34-23-47(6)17-18-49(34)39(54)32-11-8-16-48(32)40(35)55/h7,9-10,12-15,19,26-28,31-35H,8,11,16-18,20-23H2,1-6H3,(H,43,52)(H,46,51)(H2,44,45,57)/t26-,27+,28+,31+,32+,33+,34+,35+/m1/s1. The van der Waals surface area contributed by atoms with Crippen molar-refractivity contribution in [3.63, 3.8) is 0 Å². The molecule has 312 valence electrons. The van der Waals surface area contributed by atoms with E-state index in [1.54, 1.807) is 19.1 Å². The Bertz CT molecular complexity index is 1910. The van der Waals surface area contributed by atoms with E-state index in [-0.39, 0.29) is 38.5 Å². The van der Waals surface area contributed by atoms with Gasteiger partial charge in [0, 0.05) is 44.8 Å². The fourth-order valence-corrected chi connectivity index (χ4v) is 8.41. The molecular formula is C42H56N8O8. The smallest absolute Gasteiger partial charge is 0.329 e. The Kier molecular flexibility index (Phi) is 13.0. The molecule has 4 saturated heterocycles. The molecule has 0 bridgehead atoms. The number of rotatable bonds is 6. The summed E-state index contributed by atoms with van der Waals surface area (Å²) in [6.07, 6.45) is -0.0858. The molecule has 4 fully saturated rings. The highest BCUT2D eigenvalue weighted by Gasteiger charge is 2.47. The number of esters is 1. The number of amides is 7. The van der Waals surface area contributed by atoms with E-state index in [9.17, 15) is 33.6 Å². The maximum Gasteiger partial charge on any atom is 0.329 e. The van der Waals surface area contributed by atoms with Crippen LogP contribution in [0.5, 0.6) is 0 Å². The zero-order valence-corrected chi connectivity index (χ0v) is 34.2. The number of aryl methyl sites for hydroxylation is 2. The van der Waals surface area contributed by atoms with E-state index >= 15 is 0 Å². The van der Waals surface area contributed by atoms with E-state index < -0.39 is 83.9 Å². The summed E-state index contributed by atoms with van der Waals surface area (Å²) in [6, 6.07) is 7.45. The van der Waals surface area contributed by atoms with Gasteiger partial charge in [-0.15, -0.1) is 0 Å². The number of carbonyl (C=O) groups excluding carboxylic acids is 7. The van der Waals surface area contributed by atoms with Crippen LogP contribution in [-0.2, 0) is 39.9 Å². The number of piperazine rings is 1. The number of nitrogens with one attached hydrogen (secondary N) is 4. The Morgan fingerprint density at radius 2 is 1.55 bits per heavy atom. The SMILES string of the molecule is Cc1ccc(NC(=O)N[C@@H](Cc2cccc(C)c2)C(=O)N[C@@H]2C(=O)N3CCC[C@H]3C(=O)N3CCN(C)C[C@H]3C(=O)N[C@@H](C)C(=O)N3C[C@H](C)C[C@H]3C(=O)O[C@H]2C)cc1. The molecule has 58 heavy (non-hydrogen) atoms. The van der Waals surface area contributed by atoms with Gasteiger partial charge in [0.05, 0.1) is 0 Å². The number of ether oxygens (including phenoxy) is 1. The molecule has 16 heteroatoms. The Labute approximate surface area is 339 Å². The van der Waals surface area contributed by atoms with Crippen LogP contribution < -0.4 is 21.3 Å².